The Balaban J connectivity index is 1.43. The second kappa shape index (κ2) is 7.23. The van der Waals surface area contributed by atoms with Gasteiger partial charge in [-0.1, -0.05) is 12.1 Å². The number of aromatic amines is 1. The maximum absolute atomic E-state index is 12.8. The molecule has 0 radical (unpaired) electrons. The van der Waals surface area contributed by atoms with Crippen molar-refractivity contribution in [3.63, 3.8) is 0 Å². The fourth-order valence-corrected chi connectivity index (χ4v) is 3.29. The Morgan fingerprint density at radius 2 is 2.04 bits per heavy atom. The van der Waals surface area contributed by atoms with Gasteiger partial charge in [0.15, 0.2) is 11.5 Å². The van der Waals surface area contributed by atoms with Gasteiger partial charge < -0.3 is 24.7 Å². The van der Waals surface area contributed by atoms with E-state index in [0.717, 1.165) is 33.5 Å². The van der Waals surface area contributed by atoms with E-state index in [1.807, 2.05) is 50.4 Å². The number of nitrogens with one attached hydrogen (secondary N) is 2. The lowest BCUT2D eigenvalue weighted by Gasteiger charge is -2.24. The fraction of sp³-hybridized carbons (Fsp3) is 0.286. The number of benzene rings is 2. The van der Waals surface area contributed by atoms with Crippen LogP contribution in [0.5, 0.6) is 11.5 Å². The first kappa shape index (κ1) is 17.3. The predicted octanol–water partition coefficient (Wildman–Crippen LogP) is 4.19. The average molecular weight is 365 g/mol. The summed E-state index contributed by atoms with van der Waals surface area (Å²) in [6.45, 7) is 5.39. The summed E-state index contributed by atoms with van der Waals surface area (Å²) in [6, 6.07) is 13.8. The van der Waals surface area contributed by atoms with Crippen molar-refractivity contribution in [2.24, 2.45) is 0 Å². The molecule has 0 unspecified atom stereocenters. The number of nitrogens with zero attached hydrogens (tertiary/aromatic N) is 1. The monoisotopic (exact) mass is 365 g/mol. The van der Waals surface area contributed by atoms with E-state index in [-0.39, 0.29) is 18.9 Å². The molecule has 27 heavy (non-hydrogen) atoms. The molecule has 1 aliphatic heterocycles. The number of amides is 2. The van der Waals surface area contributed by atoms with Crippen molar-refractivity contribution >= 4 is 16.9 Å². The van der Waals surface area contributed by atoms with Gasteiger partial charge in [0, 0.05) is 24.8 Å². The minimum atomic E-state index is -0.131. The maximum atomic E-state index is 12.8. The van der Waals surface area contributed by atoms with E-state index in [4.69, 9.17) is 9.47 Å². The molecule has 4 rings (SSSR count). The molecule has 0 saturated carbocycles. The van der Waals surface area contributed by atoms with Gasteiger partial charge in [-0.25, -0.2) is 4.79 Å². The number of carbonyl (C=O) groups excluding carboxylic acids is 1. The summed E-state index contributed by atoms with van der Waals surface area (Å²) < 4.78 is 10.8. The predicted molar refractivity (Wildman–Crippen MR) is 104 cm³/mol. The quantitative estimate of drug-likeness (QED) is 0.712. The summed E-state index contributed by atoms with van der Waals surface area (Å²) in [5.74, 6) is 1.47. The van der Waals surface area contributed by atoms with Gasteiger partial charge in [0.25, 0.3) is 0 Å². The number of rotatable bonds is 5. The van der Waals surface area contributed by atoms with Crippen LogP contribution in [0.3, 0.4) is 0 Å². The number of aromatic nitrogens is 1. The average Bonchev–Trinajstić information content (AvgIpc) is 3.33. The Morgan fingerprint density at radius 1 is 1.19 bits per heavy atom. The maximum Gasteiger partial charge on any atom is 0.318 e. The van der Waals surface area contributed by atoms with Crippen LogP contribution in [0.15, 0.2) is 48.7 Å². The highest BCUT2D eigenvalue weighted by Gasteiger charge is 2.19. The zero-order chi connectivity index (χ0) is 18.8. The van der Waals surface area contributed by atoms with Crippen molar-refractivity contribution in [1.82, 2.24) is 15.2 Å². The van der Waals surface area contributed by atoms with Gasteiger partial charge in [0.1, 0.15) is 0 Å². The normalized spacial score (nSPS) is 13.6. The van der Waals surface area contributed by atoms with Crippen molar-refractivity contribution in [3.05, 3.63) is 59.8 Å². The van der Waals surface area contributed by atoms with Crippen molar-refractivity contribution in [2.75, 3.05) is 13.3 Å². The SMILES string of the molecule is CCN(Cc1ccc2[nH]ccc2c1)C(=O)N[C@H](C)c1ccc2c(c1)OCO2. The summed E-state index contributed by atoms with van der Waals surface area (Å²) in [6.07, 6.45) is 1.92. The van der Waals surface area contributed by atoms with E-state index in [1.165, 1.54) is 0 Å². The standard InChI is InChI=1S/C21H23N3O3/c1-3-24(12-15-4-6-18-17(10-15)8-9-22-18)21(25)23-14(2)16-5-7-19-20(11-16)27-13-26-19/h4-11,14,22H,3,12-13H2,1-2H3,(H,23,25)/t14-/m1/s1. The van der Waals surface area contributed by atoms with Gasteiger partial charge in [-0.15, -0.1) is 0 Å². The molecule has 0 aliphatic carbocycles. The van der Waals surface area contributed by atoms with Crippen LogP contribution in [-0.2, 0) is 6.54 Å². The third kappa shape index (κ3) is 3.56. The van der Waals surface area contributed by atoms with Crippen LogP contribution >= 0.6 is 0 Å². The third-order valence-electron chi connectivity index (χ3n) is 4.90. The van der Waals surface area contributed by atoms with E-state index in [9.17, 15) is 4.79 Å². The Hall–Kier alpha value is -3.15. The number of ether oxygens (including phenoxy) is 2. The molecule has 2 aromatic carbocycles. The third-order valence-corrected chi connectivity index (χ3v) is 4.90. The molecule has 2 N–H and O–H groups in total. The molecular formula is C21H23N3O3. The van der Waals surface area contributed by atoms with Gasteiger partial charge >= 0.3 is 6.03 Å². The second-order valence-corrected chi connectivity index (χ2v) is 6.70. The molecule has 140 valence electrons. The minimum absolute atomic E-state index is 0.0863. The van der Waals surface area contributed by atoms with Gasteiger partial charge in [-0.05, 0) is 60.7 Å². The highest BCUT2D eigenvalue weighted by molar-refractivity contribution is 5.80. The molecule has 0 fully saturated rings. The molecule has 1 aromatic heterocycles. The van der Waals surface area contributed by atoms with E-state index < -0.39 is 0 Å². The molecule has 1 atom stereocenters. The van der Waals surface area contributed by atoms with Gasteiger partial charge in [-0.2, -0.15) is 0 Å². The first-order valence-electron chi connectivity index (χ1n) is 9.15. The van der Waals surface area contributed by atoms with E-state index in [1.54, 1.807) is 4.90 Å². The van der Waals surface area contributed by atoms with E-state index >= 15 is 0 Å². The van der Waals surface area contributed by atoms with Crippen molar-refractivity contribution in [2.45, 2.75) is 26.4 Å². The van der Waals surface area contributed by atoms with Crippen molar-refractivity contribution in [3.8, 4) is 11.5 Å². The number of H-pyrrole nitrogens is 1. The second-order valence-electron chi connectivity index (χ2n) is 6.70. The van der Waals surface area contributed by atoms with Gasteiger partial charge in [0.2, 0.25) is 6.79 Å². The lowest BCUT2D eigenvalue weighted by molar-refractivity contribution is 0.174. The fourth-order valence-electron chi connectivity index (χ4n) is 3.29. The number of hydrogen-bond acceptors (Lipinski definition) is 3. The first-order chi connectivity index (χ1) is 13.1. The summed E-state index contributed by atoms with van der Waals surface area (Å²) >= 11 is 0. The molecule has 0 bridgehead atoms. The molecule has 6 heteroatoms. The molecule has 1 aliphatic rings. The Labute approximate surface area is 158 Å². The number of fused-ring (bicyclic) bond motifs is 2. The zero-order valence-electron chi connectivity index (χ0n) is 15.5. The van der Waals surface area contributed by atoms with Gasteiger partial charge in [-0.3, -0.25) is 0 Å². The Morgan fingerprint density at radius 3 is 2.89 bits per heavy atom. The smallest absolute Gasteiger partial charge is 0.318 e. The van der Waals surface area contributed by atoms with Crippen LogP contribution < -0.4 is 14.8 Å². The minimum Gasteiger partial charge on any atom is -0.454 e. The van der Waals surface area contributed by atoms with Crippen LogP contribution in [0.25, 0.3) is 10.9 Å². The summed E-state index contributed by atoms with van der Waals surface area (Å²) in [7, 11) is 0. The molecule has 3 aromatic rings. The van der Waals surface area contributed by atoms with Crippen LogP contribution in [-0.4, -0.2) is 29.3 Å². The van der Waals surface area contributed by atoms with Crippen molar-refractivity contribution in [1.29, 1.82) is 0 Å². The van der Waals surface area contributed by atoms with Crippen LogP contribution in [0.1, 0.15) is 31.0 Å². The first-order valence-corrected chi connectivity index (χ1v) is 9.15. The van der Waals surface area contributed by atoms with Crippen molar-refractivity contribution < 1.29 is 14.3 Å². The van der Waals surface area contributed by atoms with E-state index in [2.05, 4.69) is 22.4 Å². The Kier molecular flexibility index (Phi) is 4.62. The Bertz CT molecular complexity index is 966. The molecule has 0 spiro atoms. The molecule has 2 amide bonds. The van der Waals surface area contributed by atoms with Crippen LogP contribution in [0.4, 0.5) is 4.79 Å². The van der Waals surface area contributed by atoms with E-state index in [0.29, 0.717) is 13.1 Å². The summed E-state index contributed by atoms with van der Waals surface area (Å²) in [5.41, 5.74) is 3.19. The molecule has 2 heterocycles. The number of urea groups is 1. The van der Waals surface area contributed by atoms with Crippen LogP contribution in [0.2, 0.25) is 0 Å². The largest absolute Gasteiger partial charge is 0.454 e. The lowest BCUT2D eigenvalue weighted by Crippen LogP contribution is -2.40. The van der Waals surface area contributed by atoms with Crippen LogP contribution in [0, 0.1) is 0 Å². The number of carbonyl (C=O) groups is 1. The summed E-state index contributed by atoms with van der Waals surface area (Å²) in [5, 5.41) is 4.23. The summed E-state index contributed by atoms with van der Waals surface area (Å²) in [4.78, 5) is 17.8. The zero-order valence-corrected chi connectivity index (χ0v) is 15.5. The topological polar surface area (TPSA) is 66.6 Å². The molecule has 6 nitrogen and oxygen atoms in total. The molecular weight excluding hydrogens is 342 g/mol. The lowest BCUT2D eigenvalue weighted by atomic mass is 10.1. The molecule has 0 saturated heterocycles. The highest BCUT2D eigenvalue weighted by atomic mass is 16.7. The van der Waals surface area contributed by atoms with Gasteiger partial charge in [0.05, 0.1) is 6.04 Å². The number of hydrogen-bond donors (Lipinski definition) is 2. The highest BCUT2D eigenvalue weighted by Crippen LogP contribution is 2.34.